The molecule has 0 amide bonds. The number of fused-ring (bicyclic) bond motifs is 3. The summed E-state index contributed by atoms with van der Waals surface area (Å²) in [5.41, 5.74) is 0.875. The molecular weight excluding hydrogens is 379 g/mol. The highest BCUT2D eigenvalue weighted by Gasteiger charge is 2.57. The Morgan fingerprint density at radius 2 is 2.11 bits per heavy atom. The van der Waals surface area contributed by atoms with Crippen LogP contribution in [-0.4, -0.2) is 40.1 Å². The molecule has 2 atom stereocenters. The van der Waals surface area contributed by atoms with Crippen LogP contribution in [0.4, 0.5) is 19.1 Å². The van der Waals surface area contributed by atoms with Crippen molar-refractivity contribution in [2.24, 2.45) is 0 Å². The smallest absolute Gasteiger partial charge is 0.373 e. The molecule has 1 aromatic rings. The number of imidazole rings is 1. The lowest BCUT2D eigenvalue weighted by Crippen LogP contribution is -2.50. The number of nitrogens with zero attached hydrogens (tertiary/aromatic N) is 3. The molecule has 0 saturated carbocycles. The lowest BCUT2D eigenvalue weighted by Gasteiger charge is -2.42. The lowest BCUT2D eigenvalue weighted by atomic mass is 9.79. The Bertz CT molecular complexity index is 958. The summed E-state index contributed by atoms with van der Waals surface area (Å²) < 4.78 is 48.6. The quantitative estimate of drug-likeness (QED) is 0.441. The van der Waals surface area contributed by atoms with Gasteiger partial charge in [-0.3, -0.25) is 14.3 Å². The molecule has 2 unspecified atom stereocenters. The van der Waals surface area contributed by atoms with E-state index in [1.54, 1.807) is 23.8 Å². The number of allylic oxidation sites excluding steroid dienone is 3. The van der Waals surface area contributed by atoms with Crippen LogP contribution in [0.2, 0.25) is 0 Å². The highest BCUT2D eigenvalue weighted by molar-refractivity contribution is 8.11. The maximum Gasteiger partial charge on any atom is 0.431 e. The summed E-state index contributed by atoms with van der Waals surface area (Å²) >= 11 is 0.878. The van der Waals surface area contributed by atoms with Crippen molar-refractivity contribution in [2.75, 3.05) is 12.0 Å². The number of carbonyl (C=O) groups is 1. The predicted octanol–water partition coefficient (Wildman–Crippen LogP) is 3.95. The summed E-state index contributed by atoms with van der Waals surface area (Å²) in [4.78, 5) is 16.5. The van der Waals surface area contributed by atoms with Crippen molar-refractivity contribution in [2.45, 2.75) is 36.7 Å². The van der Waals surface area contributed by atoms with E-state index in [-0.39, 0.29) is 12.1 Å². The van der Waals surface area contributed by atoms with Gasteiger partial charge in [0.15, 0.2) is 5.62 Å². The Labute approximate surface area is 157 Å². The van der Waals surface area contributed by atoms with E-state index in [4.69, 9.17) is 4.74 Å². The highest BCUT2D eigenvalue weighted by atomic mass is 32.2. The van der Waals surface area contributed by atoms with Crippen LogP contribution >= 0.6 is 11.8 Å². The Morgan fingerprint density at radius 1 is 1.37 bits per heavy atom. The van der Waals surface area contributed by atoms with Gasteiger partial charge in [-0.15, -0.1) is 0 Å². The molecule has 0 bridgehead atoms. The predicted molar refractivity (Wildman–Crippen MR) is 96.8 cm³/mol. The maximum absolute atomic E-state index is 13.8. The van der Waals surface area contributed by atoms with Gasteiger partial charge in [-0.05, 0) is 55.0 Å². The first kappa shape index (κ1) is 18.1. The van der Waals surface area contributed by atoms with Crippen LogP contribution in [0.25, 0.3) is 5.70 Å². The summed E-state index contributed by atoms with van der Waals surface area (Å²) in [6.45, 7) is 3.67. The van der Waals surface area contributed by atoms with Crippen molar-refractivity contribution >= 4 is 29.0 Å². The van der Waals surface area contributed by atoms with Gasteiger partial charge in [-0.1, -0.05) is 6.08 Å². The number of hydrogen-bond acceptors (Lipinski definition) is 5. The Morgan fingerprint density at radius 3 is 2.74 bits per heavy atom. The Hall–Kier alpha value is -2.26. The summed E-state index contributed by atoms with van der Waals surface area (Å²) in [6.07, 6.45) is 2.46. The second-order valence-corrected chi connectivity index (χ2v) is 7.40. The van der Waals surface area contributed by atoms with E-state index in [0.29, 0.717) is 16.3 Å². The van der Waals surface area contributed by atoms with Gasteiger partial charge in [0.05, 0.1) is 11.9 Å². The largest absolute Gasteiger partial charge is 0.431 e. The third-order valence-electron chi connectivity index (χ3n) is 5.05. The standard InChI is InChI=1S/C18H16F3N3O2S/c1-10-7-17-6-4-5-12(18(19,20)21)24(17)16-22-8-13(27-9-25)23(16)15(17)11(2)14(10)26-3/h4-9,14H,1-3H3. The lowest BCUT2D eigenvalue weighted by molar-refractivity contribution is -0.0941. The SMILES string of the molecule is COC1C(C)=CC23C=CC=C(C(F)(F)F)N2c2ncc(SC=O)n2C3=C1C. The number of carbonyl (C=O) groups excluding carboxylic acids is 1. The summed E-state index contributed by atoms with van der Waals surface area (Å²) in [5.74, 6) is 0.127. The fraction of sp³-hybridized carbons (Fsp3) is 0.333. The van der Waals surface area contributed by atoms with Crippen molar-refractivity contribution in [3.63, 3.8) is 0 Å². The number of aromatic nitrogens is 2. The second kappa shape index (κ2) is 5.87. The third-order valence-corrected chi connectivity index (χ3v) is 5.68. The minimum Gasteiger partial charge on any atom is -0.373 e. The number of methoxy groups -OCH3 is 1. The molecule has 3 heterocycles. The molecule has 1 aliphatic carbocycles. The molecule has 27 heavy (non-hydrogen) atoms. The van der Waals surface area contributed by atoms with Crippen molar-refractivity contribution in [1.82, 2.24) is 9.55 Å². The van der Waals surface area contributed by atoms with E-state index < -0.39 is 17.4 Å². The van der Waals surface area contributed by atoms with Crippen LogP contribution in [0.3, 0.4) is 0 Å². The van der Waals surface area contributed by atoms with Crippen LogP contribution in [0, 0.1) is 0 Å². The minimum atomic E-state index is -4.56. The molecule has 0 fully saturated rings. The summed E-state index contributed by atoms with van der Waals surface area (Å²) in [6, 6.07) is 0. The Balaban J connectivity index is 2.06. The summed E-state index contributed by atoms with van der Waals surface area (Å²) in [5, 5.41) is 0.459. The first-order valence-corrected chi connectivity index (χ1v) is 9.03. The molecule has 4 rings (SSSR count). The number of rotatable bonds is 3. The number of ether oxygens (including phenoxy) is 1. The van der Waals surface area contributed by atoms with E-state index in [9.17, 15) is 18.0 Å². The van der Waals surface area contributed by atoms with E-state index in [0.717, 1.165) is 29.0 Å². The van der Waals surface area contributed by atoms with E-state index in [2.05, 4.69) is 4.98 Å². The molecule has 1 aromatic heterocycles. The molecule has 1 spiro atoms. The van der Waals surface area contributed by atoms with Crippen LogP contribution < -0.4 is 4.90 Å². The molecule has 5 nitrogen and oxygen atoms in total. The van der Waals surface area contributed by atoms with E-state index >= 15 is 0 Å². The van der Waals surface area contributed by atoms with Crippen molar-refractivity contribution in [3.8, 4) is 0 Å². The third kappa shape index (κ3) is 2.31. The molecule has 9 heteroatoms. The molecule has 0 saturated heterocycles. The molecule has 0 aromatic carbocycles. The fourth-order valence-electron chi connectivity index (χ4n) is 4.24. The number of thioether (sulfide) groups is 1. The zero-order valence-corrected chi connectivity index (χ0v) is 15.6. The van der Waals surface area contributed by atoms with Gasteiger partial charge in [0.1, 0.15) is 22.4 Å². The number of alkyl halides is 3. The summed E-state index contributed by atoms with van der Waals surface area (Å²) in [7, 11) is 1.56. The molecule has 0 N–H and O–H groups in total. The first-order chi connectivity index (χ1) is 12.8. The molecule has 0 radical (unpaired) electrons. The minimum absolute atomic E-state index is 0.127. The van der Waals surface area contributed by atoms with Gasteiger partial charge in [-0.25, -0.2) is 4.98 Å². The maximum atomic E-state index is 13.8. The van der Waals surface area contributed by atoms with Crippen LogP contribution in [-0.2, 0) is 9.53 Å². The second-order valence-electron chi connectivity index (χ2n) is 6.55. The number of anilines is 1. The molecule has 3 aliphatic rings. The highest BCUT2D eigenvalue weighted by Crippen LogP contribution is 2.55. The van der Waals surface area contributed by atoms with Gasteiger partial charge < -0.3 is 4.74 Å². The van der Waals surface area contributed by atoms with Gasteiger partial charge >= 0.3 is 6.18 Å². The van der Waals surface area contributed by atoms with E-state index in [1.165, 1.54) is 17.2 Å². The number of halogens is 3. The van der Waals surface area contributed by atoms with Gasteiger partial charge in [0.25, 0.3) is 0 Å². The monoisotopic (exact) mass is 395 g/mol. The zero-order chi connectivity index (χ0) is 19.6. The zero-order valence-electron chi connectivity index (χ0n) is 14.7. The normalized spacial score (nSPS) is 26.4. The van der Waals surface area contributed by atoms with Crippen LogP contribution in [0.1, 0.15) is 13.8 Å². The molecular formula is C18H16F3N3O2S. The van der Waals surface area contributed by atoms with Crippen molar-refractivity contribution in [3.05, 3.63) is 47.3 Å². The van der Waals surface area contributed by atoms with Gasteiger partial charge in [0, 0.05) is 7.11 Å². The first-order valence-electron chi connectivity index (χ1n) is 8.15. The van der Waals surface area contributed by atoms with E-state index in [1.807, 2.05) is 13.8 Å². The average molecular weight is 395 g/mol. The van der Waals surface area contributed by atoms with Crippen molar-refractivity contribution < 1.29 is 22.7 Å². The topological polar surface area (TPSA) is 47.4 Å². The molecule has 2 aliphatic heterocycles. The fourth-order valence-corrected chi connectivity index (χ4v) is 4.73. The van der Waals surface area contributed by atoms with Crippen molar-refractivity contribution in [1.29, 1.82) is 0 Å². The average Bonchev–Trinajstić information content (AvgIpc) is 3.10. The molecule has 142 valence electrons. The number of hydrogen-bond donors (Lipinski definition) is 0. The van der Waals surface area contributed by atoms with Gasteiger partial charge in [-0.2, -0.15) is 13.2 Å². The van der Waals surface area contributed by atoms with Crippen LogP contribution in [0.5, 0.6) is 0 Å². The van der Waals surface area contributed by atoms with Gasteiger partial charge in [0.2, 0.25) is 5.95 Å². The Kier molecular flexibility index (Phi) is 3.94. The van der Waals surface area contributed by atoms with Crippen LogP contribution in [0.15, 0.2) is 52.4 Å².